The Hall–Kier alpha value is -3.16. The van der Waals surface area contributed by atoms with Gasteiger partial charge in [-0.25, -0.2) is 4.79 Å². The number of carbonyl (C=O) groups excluding carboxylic acids is 3. The van der Waals surface area contributed by atoms with Crippen LogP contribution in [0.4, 0.5) is 4.79 Å². The van der Waals surface area contributed by atoms with E-state index in [1.807, 2.05) is 6.07 Å². The molecular formula is C21H24N4O4. The Bertz CT molecular complexity index is 875. The number of pyridine rings is 1. The second-order valence-electron chi connectivity index (χ2n) is 7.65. The molecule has 1 aliphatic carbocycles. The predicted octanol–water partition coefficient (Wildman–Crippen LogP) is 2.46. The Morgan fingerprint density at radius 1 is 1.17 bits per heavy atom. The molecule has 1 N–H and O–H groups in total. The molecule has 2 aliphatic rings. The van der Waals surface area contributed by atoms with E-state index in [1.165, 1.54) is 0 Å². The number of hydrogen-bond donors (Lipinski definition) is 1. The second kappa shape index (κ2) is 8.06. The van der Waals surface area contributed by atoms with Gasteiger partial charge in [-0.05, 0) is 36.6 Å². The minimum Gasteiger partial charge on any atom is -0.467 e. The van der Waals surface area contributed by atoms with E-state index in [4.69, 9.17) is 4.42 Å². The fraction of sp³-hybridized carbons (Fsp3) is 0.429. The van der Waals surface area contributed by atoms with Crippen LogP contribution in [0, 0.1) is 0 Å². The van der Waals surface area contributed by atoms with Crippen LogP contribution in [-0.4, -0.2) is 44.7 Å². The first-order valence-corrected chi connectivity index (χ1v) is 9.91. The van der Waals surface area contributed by atoms with Gasteiger partial charge in [0.1, 0.15) is 17.8 Å². The lowest BCUT2D eigenvalue weighted by molar-refractivity contribution is -0.140. The number of nitrogens with zero attached hydrogens (tertiary/aromatic N) is 3. The van der Waals surface area contributed by atoms with E-state index in [9.17, 15) is 14.4 Å². The molecule has 0 unspecified atom stereocenters. The van der Waals surface area contributed by atoms with Crippen LogP contribution in [0.15, 0.2) is 47.3 Å². The summed E-state index contributed by atoms with van der Waals surface area (Å²) in [6.07, 6.45) is 9.03. The minimum atomic E-state index is -0.829. The number of furan rings is 1. The summed E-state index contributed by atoms with van der Waals surface area (Å²) < 4.78 is 5.38. The van der Waals surface area contributed by atoms with Gasteiger partial charge >= 0.3 is 6.03 Å². The molecule has 0 radical (unpaired) electrons. The van der Waals surface area contributed by atoms with Crippen molar-refractivity contribution in [1.82, 2.24) is 20.1 Å². The van der Waals surface area contributed by atoms with Gasteiger partial charge in [-0.15, -0.1) is 0 Å². The van der Waals surface area contributed by atoms with Crippen molar-refractivity contribution in [1.29, 1.82) is 0 Å². The highest BCUT2D eigenvalue weighted by atomic mass is 16.3. The van der Waals surface area contributed by atoms with Crippen LogP contribution >= 0.6 is 0 Å². The van der Waals surface area contributed by atoms with Crippen LogP contribution in [-0.2, 0) is 22.7 Å². The van der Waals surface area contributed by atoms with Crippen molar-refractivity contribution >= 4 is 17.8 Å². The van der Waals surface area contributed by atoms with Crippen molar-refractivity contribution in [2.75, 3.05) is 6.54 Å². The molecule has 2 aromatic rings. The summed E-state index contributed by atoms with van der Waals surface area (Å²) in [5, 5.41) is 2.85. The van der Waals surface area contributed by atoms with Crippen molar-refractivity contribution in [3.05, 3.63) is 54.2 Å². The smallest absolute Gasteiger partial charge is 0.325 e. The van der Waals surface area contributed by atoms with Gasteiger partial charge in [0.15, 0.2) is 0 Å². The molecule has 8 nitrogen and oxygen atoms in total. The fourth-order valence-corrected chi connectivity index (χ4v) is 4.08. The summed E-state index contributed by atoms with van der Waals surface area (Å²) in [6.45, 7) is 0.269. The molecule has 2 fully saturated rings. The SMILES string of the molecule is O=C(CN1C(=O)NC2(CCCCC2)C1=O)N(Cc1cccnc1)Cc1ccco1. The van der Waals surface area contributed by atoms with Crippen LogP contribution in [0.25, 0.3) is 0 Å². The maximum Gasteiger partial charge on any atom is 0.325 e. The van der Waals surface area contributed by atoms with E-state index in [0.29, 0.717) is 25.1 Å². The first kappa shape index (κ1) is 19.2. The monoisotopic (exact) mass is 396 g/mol. The minimum absolute atomic E-state index is 0.246. The molecule has 1 saturated heterocycles. The second-order valence-corrected chi connectivity index (χ2v) is 7.65. The Morgan fingerprint density at radius 3 is 2.69 bits per heavy atom. The maximum absolute atomic E-state index is 13.1. The summed E-state index contributed by atoms with van der Waals surface area (Å²) in [5.41, 5.74) is 0.0264. The average Bonchev–Trinajstić information content (AvgIpc) is 3.32. The van der Waals surface area contributed by atoms with E-state index >= 15 is 0 Å². The van der Waals surface area contributed by atoms with Gasteiger partial charge in [0, 0.05) is 18.9 Å². The lowest BCUT2D eigenvalue weighted by atomic mass is 9.82. The summed E-state index contributed by atoms with van der Waals surface area (Å²) in [6, 6.07) is 6.74. The molecule has 29 heavy (non-hydrogen) atoms. The number of carbonyl (C=O) groups is 3. The van der Waals surface area contributed by atoms with E-state index in [0.717, 1.165) is 29.7 Å². The Kier molecular flexibility index (Phi) is 5.33. The summed E-state index contributed by atoms with van der Waals surface area (Å²) in [5.74, 6) is 0.0275. The largest absolute Gasteiger partial charge is 0.467 e. The molecule has 1 aliphatic heterocycles. The molecule has 0 aromatic carbocycles. The third-order valence-corrected chi connectivity index (χ3v) is 5.62. The number of imide groups is 1. The molecule has 2 aromatic heterocycles. The number of hydrogen-bond acceptors (Lipinski definition) is 5. The van der Waals surface area contributed by atoms with E-state index < -0.39 is 11.6 Å². The Balaban J connectivity index is 1.49. The summed E-state index contributed by atoms with van der Waals surface area (Å²) >= 11 is 0. The Morgan fingerprint density at radius 2 is 2.00 bits per heavy atom. The number of amides is 4. The molecule has 1 saturated carbocycles. The molecule has 0 atom stereocenters. The average molecular weight is 396 g/mol. The van der Waals surface area contributed by atoms with E-state index in [2.05, 4.69) is 10.3 Å². The van der Waals surface area contributed by atoms with Crippen molar-refractivity contribution < 1.29 is 18.8 Å². The van der Waals surface area contributed by atoms with Gasteiger partial charge < -0.3 is 14.6 Å². The van der Waals surface area contributed by atoms with Crippen LogP contribution < -0.4 is 5.32 Å². The van der Waals surface area contributed by atoms with Crippen molar-refractivity contribution in [3.8, 4) is 0 Å². The van der Waals surface area contributed by atoms with Crippen LogP contribution in [0.5, 0.6) is 0 Å². The lowest BCUT2D eigenvalue weighted by Crippen LogP contribution is -2.49. The van der Waals surface area contributed by atoms with Gasteiger partial charge in [0.2, 0.25) is 5.91 Å². The Labute approximate surface area is 168 Å². The lowest BCUT2D eigenvalue weighted by Gasteiger charge is -2.30. The quantitative estimate of drug-likeness (QED) is 0.757. The maximum atomic E-state index is 13.1. The number of aromatic nitrogens is 1. The zero-order chi connectivity index (χ0) is 20.3. The van der Waals surface area contributed by atoms with Crippen molar-refractivity contribution in [2.45, 2.75) is 50.7 Å². The first-order valence-electron chi connectivity index (χ1n) is 9.91. The molecule has 152 valence electrons. The molecule has 8 heteroatoms. The number of nitrogens with one attached hydrogen (secondary N) is 1. The van der Waals surface area contributed by atoms with E-state index in [1.54, 1.807) is 41.8 Å². The van der Waals surface area contributed by atoms with Gasteiger partial charge in [0.25, 0.3) is 5.91 Å². The highest BCUT2D eigenvalue weighted by molar-refractivity contribution is 6.09. The number of rotatable bonds is 6. The van der Waals surface area contributed by atoms with Crippen molar-refractivity contribution in [3.63, 3.8) is 0 Å². The van der Waals surface area contributed by atoms with Crippen LogP contribution in [0.3, 0.4) is 0 Å². The van der Waals surface area contributed by atoms with Gasteiger partial charge in [-0.3, -0.25) is 19.5 Å². The molecule has 3 heterocycles. The standard InChI is InChI=1S/C21H24N4O4/c26-18(15-25-19(27)21(23-20(25)28)8-2-1-3-9-21)24(14-17-7-5-11-29-17)13-16-6-4-10-22-12-16/h4-7,10-12H,1-3,8-9,13-15H2,(H,23,28). The third-order valence-electron chi connectivity index (χ3n) is 5.62. The zero-order valence-corrected chi connectivity index (χ0v) is 16.2. The highest BCUT2D eigenvalue weighted by Gasteiger charge is 2.51. The van der Waals surface area contributed by atoms with E-state index in [-0.39, 0.29) is 24.9 Å². The van der Waals surface area contributed by atoms with Gasteiger partial charge in [0.05, 0.1) is 12.8 Å². The molecule has 4 amide bonds. The van der Waals surface area contributed by atoms with Crippen molar-refractivity contribution in [2.24, 2.45) is 0 Å². The van der Waals surface area contributed by atoms with Crippen LogP contribution in [0.2, 0.25) is 0 Å². The van der Waals surface area contributed by atoms with Crippen LogP contribution in [0.1, 0.15) is 43.4 Å². The predicted molar refractivity (Wildman–Crippen MR) is 103 cm³/mol. The number of urea groups is 1. The van der Waals surface area contributed by atoms with Gasteiger partial charge in [-0.1, -0.05) is 25.3 Å². The summed E-state index contributed by atoms with van der Waals surface area (Å²) in [7, 11) is 0. The molecule has 4 rings (SSSR count). The fourth-order valence-electron chi connectivity index (χ4n) is 4.08. The summed E-state index contributed by atoms with van der Waals surface area (Å²) in [4.78, 5) is 45.3. The molecule has 1 spiro atoms. The normalized spacial score (nSPS) is 18.1. The topological polar surface area (TPSA) is 95.8 Å². The molecule has 0 bridgehead atoms. The first-order chi connectivity index (χ1) is 14.1. The highest BCUT2D eigenvalue weighted by Crippen LogP contribution is 2.33. The molecular weight excluding hydrogens is 372 g/mol. The zero-order valence-electron chi connectivity index (χ0n) is 16.2. The third kappa shape index (κ3) is 4.01. The van der Waals surface area contributed by atoms with Gasteiger partial charge in [-0.2, -0.15) is 0 Å².